The van der Waals surface area contributed by atoms with Gasteiger partial charge in [-0.25, -0.2) is 4.98 Å². The van der Waals surface area contributed by atoms with Crippen molar-refractivity contribution in [2.24, 2.45) is 0 Å². The summed E-state index contributed by atoms with van der Waals surface area (Å²) in [6.45, 7) is 2.15. The minimum Gasteiger partial charge on any atom is -0.497 e. The molecule has 0 bridgehead atoms. The lowest BCUT2D eigenvalue weighted by atomic mass is 10.2. The Bertz CT molecular complexity index is 1000. The lowest BCUT2D eigenvalue weighted by Crippen LogP contribution is -2.24. The van der Waals surface area contributed by atoms with Crippen molar-refractivity contribution in [1.29, 1.82) is 0 Å². The predicted molar refractivity (Wildman–Crippen MR) is 112 cm³/mol. The molecule has 138 valence electrons. The Morgan fingerprint density at radius 2 is 1.89 bits per heavy atom. The van der Waals surface area contributed by atoms with Crippen LogP contribution in [0.4, 0.5) is 0 Å². The van der Waals surface area contributed by atoms with Gasteiger partial charge in [-0.05, 0) is 36.8 Å². The Balaban J connectivity index is 1.80. The van der Waals surface area contributed by atoms with Crippen molar-refractivity contribution in [3.8, 4) is 11.4 Å². The van der Waals surface area contributed by atoms with Crippen molar-refractivity contribution >= 4 is 23.5 Å². The molecule has 0 radical (unpaired) electrons. The lowest BCUT2D eigenvalue weighted by Gasteiger charge is -2.17. The number of nitrogens with zero attached hydrogens (tertiary/aromatic N) is 2. The van der Waals surface area contributed by atoms with Gasteiger partial charge in [0.25, 0.3) is 5.56 Å². The quantitative estimate of drug-likeness (QED) is 0.460. The molecule has 1 aromatic heterocycles. The van der Waals surface area contributed by atoms with E-state index in [-0.39, 0.29) is 10.8 Å². The summed E-state index contributed by atoms with van der Waals surface area (Å²) < 4.78 is 6.99. The largest absolute Gasteiger partial charge is 0.497 e. The van der Waals surface area contributed by atoms with Crippen LogP contribution in [0.3, 0.4) is 0 Å². The second-order valence-corrected chi connectivity index (χ2v) is 8.69. The van der Waals surface area contributed by atoms with Crippen LogP contribution in [0.1, 0.15) is 23.4 Å². The topological polar surface area (TPSA) is 44.1 Å². The van der Waals surface area contributed by atoms with Gasteiger partial charge in [-0.15, -0.1) is 11.8 Å². The highest BCUT2D eigenvalue weighted by Gasteiger charge is 2.23. The van der Waals surface area contributed by atoms with Gasteiger partial charge in [0.1, 0.15) is 5.75 Å². The molecule has 1 aliphatic rings. The lowest BCUT2D eigenvalue weighted by molar-refractivity contribution is 0.414. The molecular weight excluding hydrogens is 376 g/mol. The molecule has 6 heteroatoms. The maximum atomic E-state index is 13.2. The molecule has 2 aromatic carbocycles. The van der Waals surface area contributed by atoms with Gasteiger partial charge in [-0.1, -0.05) is 42.1 Å². The average Bonchev–Trinajstić information content (AvgIpc) is 3.18. The van der Waals surface area contributed by atoms with Gasteiger partial charge in [0.15, 0.2) is 5.16 Å². The van der Waals surface area contributed by atoms with Crippen LogP contribution >= 0.6 is 23.5 Å². The van der Waals surface area contributed by atoms with Gasteiger partial charge in [0, 0.05) is 17.4 Å². The number of methoxy groups -OCH3 is 1. The van der Waals surface area contributed by atoms with Crippen molar-refractivity contribution in [2.45, 2.75) is 28.6 Å². The van der Waals surface area contributed by atoms with Crippen LogP contribution in [-0.4, -0.2) is 22.4 Å². The minimum absolute atomic E-state index is 0.0235. The van der Waals surface area contributed by atoms with Gasteiger partial charge in [-0.2, -0.15) is 0 Å². The Morgan fingerprint density at radius 1 is 1.15 bits per heavy atom. The number of fused-ring (bicyclic) bond motifs is 1. The smallest absolute Gasteiger partial charge is 0.272 e. The molecule has 0 spiro atoms. The first-order valence-electron chi connectivity index (χ1n) is 8.82. The average molecular weight is 397 g/mol. The summed E-state index contributed by atoms with van der Waals surface area (Å²) in [6, 6.07) is 17.9. The molecule has 0 saturated carbocycles. The third-order valence-electron chi connectivity index (χ3n) is 4.55. The normalized spacial score (nSPS) is 14.0. The number of aryl methyl sites for hydroxylation is 1. The van der Waals surface area contributed by atoms with Gasteiger partial charge in [0.05, 0.1) is 23.4 Å². The fourth-order valence-electron chi connectivity index (χ4n) is 3.08. The van der Waals surface area contributed by atoms with Gasteiger partial charge >= 0.3 is 0 Å². The zero-order chi connectivity index (χ0) is 18.8. The Hall–Kier alpha value is -2.18. The van der Waals surface area contributed by atoms with E-state index < -0.39 is 0 Å². The highest BCUT2D eigenvalue weighted by molar-refractivity contribution is 7.99. The zero-order valence-corrected chi connectivity index (χ0v) is 16.8. The zero-order valence-electron chi connectivity index (χ0n) is 15.2. The first kappa shape index (κ1) is 18.2. The van der Waals surface area contributed by atoms with E-state index in [1.165, 1.54) is 5.56 Å². The molecule has 0 N–H and O–H groups in total. The minimum atomic E-state index is 0.0235. The van der Waals surface area contributed by atoms with Gasteiger partial charge in [-0.3, -0.25) is 9.36 Å². The first-order chi connectivity index (χ1) is 13.2. The molecule has 4 rings (SSSR count). The molecule has 2 heterocycles. The molecule has 1 unspecified atom stereocenters. The van der Waals surface area contributed by atoms with Gasteiger partial charge < -0.3 is 4.74 Å². The molecule has 0 saturated heterocycles. The number of hydrogen-bond acceptors (Lipinski definition) is 5. The second kappa shape index (κ2) is 7.82. The summed E-state index contributed by atoms with van der Waals surface area (Å²) in [5.41, 5.74) is 2.98. The highest BCUT2D eigenvalue weighted by atomic mass is 32.2. The first-order valence-corrected chi connectivity index (χ1v) is 10.7. The molecule has 4 nitrogen and oxygen atoms in total. The maximum absolute atomic E-state index is 13.2. The molecule has 1 aliphatic heterocycles. The van der Waals surface area contributed by atoms with Crippen molar-refractivity contribution in [3.05, 3.63) is 76.2 Å². The number of thioether (sulfide) groups is 2. The molecule has 3 aromatic rings. The second-order valence-electron chi connectivity index (χ2n) is 6.28. The Morgan fingerprint density at radius 3 is 2.59 bits per heavy atom. The standard InChI is InChI=1S/C21H20N2O2S2/c1-14(15-6-4-3-5-7-15)27-21-22-18-12-13-26-19(18)20(24)23(21)16-8-10-17(25-2)11-9-16/h3-11,14H,12-13H2,1-2H3. The molecule has 0 fully saturated rings. The van der Waals surface area contributed by atoms with E-state index in [9.17, 15) is 4.79 Å². The summed E-state index contributed by atoms with van der Waals surface area (Å²) in [6.07, 6.45) is 0.853. The van der Waals surface area contributed by atoms with E-state index in [0.717, 1.165) is 39.4 Å². The molecule has 0 amide bonds. The van der Waals surface area contributed by atoms with E-state index >= 15 is 0 Å². The van der Waals surface area contributed by atoms with Crippen LogP contribution in [0.15, 0.2) is 69.4 Å². The number of ether oxygens (including phenoxy) is 1. The third kappa shape index (κ3) is 3.64. The van der Waals surface area contributed by atoms with Crippen LogP contribution in [0.5, 0.6) is 5.75 Å². The van der Waals surface area contributed by atoms with Crippen LogP contribution in [0.25, 0.3) is 5.69 Å². The van der Waals surface area contributed by atoms with E-state index in [2.05, 4.69) is 19.1 Å². The van der Waals surface area contributed by atoms with Crippen molar-refractivity contribution < 1.29 is 4.74 Å². The maximum Gasteiger partial charge on any atom is 0.272 e. The van der Waals surface area contributed by atoms with E-state index in [4.69, 9.17) is 9.72 Å². The van der Waals surface area contributed by atoms with E-state index in [1.54, 1.807) is 35.2 Å². The number of rotatable bonds is 5. The highest BCUT2D eigenvalue weighted by Crippen LogP contribution is 2.36. The fraction of sp³-hybridized carbons (Fsp3) is 0.238. The number of aromatic nitrogens is 2. The number of benzene rings is 2. The van der Waals surface area contributed by atoms with Crippen LogP contribution in [0.2, 0.25) is 0 Å². The summed E-state index contributed by atoms with van der Waals surface area (Å²) >= 11 is 3.22. The van der Waals surface area contributed by atoms with Crippen LogP contribution in [-0.2, 0) is 6.42 Å². The third-order valence-corrected chi connectivity index (χ3v) is 6.77. The summed E-state index contributed by atoms with van der Waals surface area (Å²) in [5, 5.41) is 0.928. The van der Waals surface area contributed by atoms with Crippen molar-refractivity contribution in [3.63, 3.8) is 0 Å². The monoisotopic (exact) mass is 396 g/mol. The van der Waals surface area contributed by atoms with E-state index in [1.807, 2.05) is 42.5 Å². The predicted octanol–water partition coefficient (Wildman–Crippen LogP) is 4.74. The van der Waals surface area contributed by atoms with Crippen LogP contribution in [0, 0.1) is 0 Å². The fourth-order valence-corrected chi connectivity index (χ4v) is 5.18. The molecular formula is C21H20N2O2S2. The molecule has 1 atom stereocenters. The van der Waals surface area contributed by atoms with Crippen molar-refractivity contribution in [1.82, 2.24) is 9.55 Å². The molecule has 0 aliphatic carbocycles. The number of hydrogen-bond donors (Lipinski definition) is 0. The summed E-state index contributed by atoms with van der Waals surface area (Å²) in [4.78, 5) is 18.9. The van der Waals surface area contributed by atoms with E-state index in [0.29, 0.717) is 0 Å². The Labute approximate surface area is 167 Å². The molecule has 27 heavy (non-hydrogen) atoms. The van der Waals surface area contributed by atoms with Gasteiger partial charge in [0.2, 0.25) is 0 Å². The SMILES string of the molecule is COc1ccc(-n2c(SC(C)c3ccccc3)nc3c(c2=O)SCC3)cc1. The Kier molecular flexibility index (Phi) is 5.27. The van der Waals surface area contributed by atoms with Crippen LogP contribution < -0.4 is 10.3 Å². The summed E-state index contributed by atoms with van der Waals surface area (Å²) in [7, 11) is 1.64. The van der Waals surface area contributed by atoms with Crippen molar-refractivity contribution in [2.75, 3.05) is 12.9 Å². The summed E-state index contributed by atoms with van der Waals surface area (Å²) in [5.74, 6) is 1.69.